The van der Waals surface area contributed by atoms with Gasteiger partial charge < -0.3 is 14.5 Å². The molecule has 1 saturated carbocycles. The van der Waals surface area contributed by atoms with Crippen LogP contribution in [0.2, 0.25) is 0 Å². The number of hydrogen-bond acceptors (Lipinski definition) is 5. The maximum atomic E-state index is 12.8. The molecule has 1 aliphatic carbocycles. The van der Waals surface area contributed by atoms with Gasteiger partial charge in [-0.25, -0.2) is 0 Å². The van der Waals surface area contributed by atoms with Gasteiger partial charge in [-0.1, -0.05) is 43.7 Å². The highest BCUT2D eigenvalue weighted by Crippen LogP contribution is 2.32. The van der Waals surface area contributed by atoms with Crippen molar-refractivity contribution in [2.24, 2.45) is 5.92 Å². The quantitative estimate of drug-likeness (QED) is 0.262. The van der Waals surface area contributed by atoms with Crippen molar-refractivity contribution < 1.29 is 14.3 Å². The Labute approximate surface area is 222 Å². The minimum atomic E-state index is 0.00947. The second-order valence-electron chi connectivity index (χ2n) is 10.2. The van der Waals surface area contributed by atoms with Gasteiger partial charge in [-0.15, -0.1) is 0 Å². The van der Waals surface area contributed by atoms with Gasteiger partial charge >= 0.3 is 0 Å². The van der Waals surface area contributed by atoms with Crippen LogP contribution < -0.4 is 4.74 Å². The second kappa shape index (κ2) is 14.1. The number of rotatable bonds is 14. The van der Waals surface area contributed by atoms with Crippen LogP contribution in [0.15, 0.2) is 42.5 Å². The topological polar surface area (TPSA) is 73.7 Å². The highest BCUT2D eigenvalue weighted by atomic mass is 16.5. The van der Waals surface area contributed by atoms with E-state index in [9.17, 15) is 9.59 Å². The number of likely N-dealkylation sites (N-methyl/N-ethyl adjacent to an activating group) is 1. The standard InChI is InChI=1S/C31H43N3O3/c1-5-31(36)34(6-2)30(32)15-8-11-23-10-7-14-25(20-23)26-16-17-29(37-19-18-33(3)4)27(21-26)22-28(35)24-12-9-13-24/h7,10,14,16-17,20-21,24,32H,5-6,8-9,11-13,15,18-19,22H2,1-4H3. The molecule has 0 aliphatic heterocycles. The van der Waals surface area contributed by atoms with Gasteiger partial charge in [0.25, 0.3) is 0 Å². The van der Waals surface area contributed by atoms with Crippen molar-refractivity contribution >= 4 is 17.5 Å². The molecule has 0 atom stereocenters. The molecule has 1 N–H and O–H groups in total. The Morgan fingerprint density at radius 1 is 1.05 bits per heavy atom. The molecule has 1 amide bonds. The van der Waals surface area contributed by atoms with Crippen molar-refractivity contribution in [1.29, 1.82) is 5.41 Å². The minimum Gasteiger partial charge on any atom is -0.492 e. The summed E-state index contributed by atoms with van der Waals surface area (Å²) in [6.07, 6.45) is 6.25. The Morgan fingerprint density at radius 2 is 1.81 bits per heavy atom. The summed E-state index contributed by atoms with van der Waals surface area (Å²) in [6, 6.07) is 14.7. The van der Waals surface area contributed by atoms with Gasteiger partial charge in [0.1, 0.15) is 24.0 Å². The van der Waals surface area contributed by atoms with Crippen molar-refractivity contribution in [1.82, 2.24) is 9.80 Å². The van der Waals surface area contributed by atoms with E-state index >= 15 is 0 Å². The van der Waals surface area contributed by atoms with Crippen LogP contribution >= 0.6 is 0 Å². The fraction of sp³-hybridized carbons (Fsp3) is 0.516. The van der Waals surface area contributed by atoms with Crippen LogP contribution in [0, 0.1) is 11.3 Å². The first kappa shape index (κ1) is 28.6. The van der Waals surface area contributed by atoms with E-state index in [0.717, 1.165) is 61.1 Å². The molecule has 3 rings (SSSR count). The summed E-state index contributed by atoms with van der Waals surface area (Å²) in [7, 11) is 4.04. The molecule has 200 valence electrons. The number of carbonyl (C=O) groups excluding carboxylic acids is 2. The Kier molecular flexibility index (Phi) is 10.9. The molecule has 37 heavy (non-hydrogen) atoms. The van der Waals surface area contributed by atoms with Crippen molar-refractivity contribution in [2.45, 2.75) is 65.2 Å². The number of Topliss-reactive ketones (excluding diaryl/α,β-unsaturated/α-hetero) is 1. The van der Waals surface area contributed by atoms with E-state index in [-0.39, 0.29) is 11.8 Å². The van der Waals surface area contributed by atoms with E-state index in [1.54, 1.807) is 4.90 Å². The van der Waals surface area contributed by atoms with Crippen molar-refractivity contribution in [3.05, 3.63) is 53.6 Å². The first-order chi connectivity index (χ1) is 17.8. The first-order valence-corrected chi connectivity index (χ1v) is 13.7. The van der Waals surface area contributed by atoms with Gasteiger partial charge in [-0.3, -0.25) is 15.0 Å². The molecule has 1 fully saturated rings. The Hall–Kier alpha value is -2.99. The number of ether oxygens (including phenoxy) is 1. The van der Waals surface area contributed by atoms with Crippen LogP contribution in [-0.2, 0) is 22.4 Å². The van der Waals surface area contributed by atoms with E-state index < -0.39 is 0 Å². The van der Waals surface area contributed by atoms with Crippen LogP contribution in [-0.4, -0.2) is 61.1 Å². The number of amides is 1. The Bertz CT molecular complexity index is 1080. The lowest BCUT2D eigenvalue weighted by Gasteiger charge is -2.24. The monoisotopic (exact) mass is 505 g/mol. The van der Waals surface area contributed by atoms with E-state index in [1.807, 2.05) is 34.0 Å². The average Bonchev–Trinajstić information content (AvgIpc) is 2.84. The van der Waals surface area contributed by atoms with Gasteiger partial charge in [0.15, 0.2) is 0 Å². The predicted molar refractivity (Wildman–Crippen MR) is 150 cm³/mol. The Morgan fingerprint density at radius 3 is 2.46 bits per heavy atom. The molecule has 0 unspecified atom stereocenters. The van der Waals surface area contributed by atoms with Crippen LogP contribution in [0.4, 0.5) is 0 Å². The molecule has 1 aliphatic rings. The molecular weight excluding hydrogens is 462 g/mol. The van der Waals surface area contributed by atoms with E-state index in [0.29, 0.717) is 44.0 Å². The van der Waals surface area contributed by atoms with E-state index in [1.165, 1.54) is 5.56 Å². The van der Waals surface area contributed by atoms with Crippen molar-refractivity contribution in [2.75, 3.05) is 33.8 Å². The predicted octanol–water partition coefficient (Wildman–Crippen LogP) is 5.76. The second-order valence-corrected chi connectivity index (χ2v) is 10.2. The third kappa shape index (κ3) is 8.26. The summed E-state index contributed by atoms with van der Waals surface area (Å²) >= 11 is 0. The van der Waals surface area contributed by atoms with Gasteiger partial charge in [-0.05, 0) is 75.5 Å². The zero-order chi connectivity index (χ0) is 26.8. The molecule has 6 heteroatoms. The molecule has 0 spiro atoms. The maximum Gasteiger partial charge on any atom is 0.227 e. The lowest BCUT2D eigenvalue weighted by Crippen LogP contribution is -2.35. The normalized spacial score (nSPS) is 13.3. The molecular formula is C31H43N3O3. The van der Waals surface area contributed by atoms with Crippen LogP contribution in [0.5, 0.6) is 5.75 Å². The van der Waals surface area contributed by atoms with Crippen LogP contribution in [0.3, 0.4) is 0 Å². The van der Waals surface area contributed by atoms with Crippen LogP contribution in [0.1, 0.15) is 63.5 Å². The number of aryl methyl sites for hydroxylation is 1. The maximum absolute atomic E-state index is 12.8. The number of ketones is 1. The summed E-state index contributed by atoms with van der Waals surface area (Å²) in [5, 5.41) is 8.30. The fourth-order valence-electron chi connectivity index (χ4n) is 4.65. The summed E-state index contributed by atoms with van der Waals surface area (Å²) in [5.74, 6) is 1.73. The number of hydrogen-bond donors (Lipinski definition) is 1. The molecule has 2 aromatic carbocycles. The van der Waals surface area contributed by atoms with Crippen LogP contribution in [0.25, 0.3) is 11.1 Å². The molecule has 0 saturated heterocycles. The number of benzene rings is 2. The van der Waals surface area contributed by atoms with Gasteiger partial charge in [0.2, 0.25) is 5.91 Å². The number of nitrogens with one attached hydrogen (secondary N) is 1. The number of amidine groups is 1. The van der Waals surface area contributed by atoms with Crippen molar-refractivity contribution in [3.63, 3.8) is 0 Å². The lowest BCUT2D eigenvalue weighted by atomic mass is 9.80. The van der Waals surface area contributed by atoms with Gasteiger partial charge in [-0.2, -0.15) is 0 Å². The lowest BCUT2D eigenvalue weighted by molar-refractivity contribution is -0.127. The summed E-state index contributed by atoms with van der Waals surface area (Å²) in [5.41, 5.74) is 4.36. The zero-order valence-electron chi connectivity index (χ0n) is 23.0. The average molecular weight is 506 g/mol. The molecule has 0 aromatic heterocycles. The molecule has 2 aromatic rings. The molecule has 6 nitrogen and oxygen atoms in total. The van der Waals surface area contributed by atoms with E-state index in [4.69, 9.17) is 10.1 Å². The third-order valence-corrected chi connectivity index (χ3v) is 7.17. The zero-order valence-corrected chi connectivity index (χ0v) is 23.0. The third-order valence-electron chi connectivity index (χ3n) is 7.17. The number of carbonyl (C=O) groups is 2. The molecule has 0 heterocycles. The SMILES string of the molecule is CCC(=O)N(CC)C(=N)CCCc1cccc(-c2ccc(OCCN(C)C)c(CC(=O)C3CCC3)c2)c1. The molecule has 0 bridgehead atoms. The fourth-order valence-corrected chi connectivity index (χ4v) is 4.65. The smallest absolute Gasteiger partial charge is 0.227 e. The highest BCUT2D eigenvalue weighted by molar-refractivity contribution is 5.96. The first-order valence-electron chi connectivity index (χ1n) is 13.7. The molecule has 0 radical (unpaired) electrons. The van der Waals surface area contributed by atoms with Gasteiger partial charge in [0.05, 0.1) is 0 Å². The summed E-state index contributed by atoms with van der Waals surface area (Å²) in [4.78, 5) is 28.5. The van der Waals surface area contributed by atoms with Gasteiger partial charge in [0, 0.05) is 43.8 Å². The summed E-state index contributed by atoms with van der Waals surface area (Å²) in [6.45, 7) is 5.70. The largest absolute Gasteiger partial charge is 0.492 e. The summed E-state index contributed by atoms with van der Waals surface area (Å²) < 4.78 is 6.08. The highest BCUT2D eigenvalue weighted by Gasteiger charge is 2.26. The van der Waals surface area contributed by atoms with E-state index in [2.05, 4.69) is 41.3 Å². The number of nitrogens with zero attached hydrogens (tertiary/aromatic N) is 2. The Balaban J connectivity index is 1.71. The van der Waals surface area contributed by atoms with Crippen molar-refractivity contribution in [3.8, 4) is 16.9 Å². The minimum absolute atomic E-state index is 0.00947.